The molecule has 0 radical (unpaired) electrons. The van der Waals surface area contributed by atoms with Crippen LogP contribution in [0.2, 0.25) is 0 Å². The van der Waals surface area contributed by atoms with Gasteiger partial charge in [0.1, 0.15) is 0 Å². The Hall–Kier alpha value is -1.10. The number of fused-ring (bicyclic) bond motifs is 2. The summed E-state index contributed by atoms with van der Waals surface area (Å²) in [5.74, 6) is 1.22. The van der Waals surface area contributed by atoms with Gasteiger partial charge in [-0.25, -0.2) is 4.79 Å². The van der Waals surface area contributed by atoms with Crippen LogP contribution in [-0.4, -0.2) is 24.0 Å². The van der Waals surface area contributed by atoms with Crippen molar-refractivity contribution in [3.05, 3.63) is 0 Å². The van der Waals surface area contributed by atoms with E-state index in [0.717, 1.165) is 5.92 Å². The summed E-state index contributed by atoms with van der Waals surface area (Å²) in [5.41, 5.74) is 4.90. The van der Waals surface area contributed by atoms with Gasteiger partial charge in [-0.05, 0) is 38.0 Å². The molecule has 0 aromatic carbocycles. The lowest BCUT2D eigenvalue weighted by molar-refractivity contribution is -0.121. The molecule has 4 N–H and O–H groups in total. The first-order valence-corrected chi connectivity index (χ1v) is 5.92. The molecule has 16 heavy (non-hydrogen) atoms. The van der Waals surface area contributed by atoms with Gasteiger partial charge in [0.25, 0.3) is 0 Å². The monoisotopic (exact) mass is 225 g/mol. The highest BCUT2D eigenvalue weighted by Gasteiger charge is 2.40. The molecule has 4 atom stereocenters. The van der Waals surface area contributed by atoms with Gasteiger partial charge in [0.05, 0.1) is 6.04 Å². The van der Waals surface area contributed by atoms with Crippen LogP contribution in [-0.2, 0) is 4.79 Å². The zero-order chi connectivity index (χ0) is 11.7. The first kappa shape index (κ1) is 11.4. The second-order valence-electron chi connectivity index (χ2n) is 5.02. The molecule has 2 saturated carbocycles. The Labute approximate surface area is 95.1 Å². The van der Waals surface area contributed by atoms with Gasteiger partial charge in [0, 0.05) is 6.04 Å². The summed E-state index contributed by atoms with van der Waals surface area (Å²) < 4.78 is 0. The van der Waals surface area contributed by atoms with Gasteiger partial charge in [-0.1, -0.05) is 6.42 Å². The second-order valence-corrected chi connectivity index (χ2v) is 5.02. The maximum Gasteiger partial charge on any atom is 0.318 e. The van der Waals surface area contributed by atoms with Crippen LogP contribution < -0.4 is 16.4 Å². The maximum absolute atomic E-state index is 11.5. The highest BCUT2D eigenvalue weighted by Crippen LogP contribution is 2.44. The predicted octanol–water partition coefficient (Wildman–Crippen LogP) is 0.348. The fourth-order valence-electron chi connectivity index (χ4n) is 3.08. The van der Waals surface area contributed by atoms with Gasteiger partial charge in [-0.3, -0.25) is 10.1 Å². The van der Waals surface area contributed by atoms with E-state index < -0.39 is 6.03 Å². The quantitative estimate of drug-likeness (QED) is 0.648. The van der Waals surface area contributed by atoms with Crippen LogP contribution >= 0.6 is 0 Å². The standard InChI is InChI=1S/C11H19N3O2/c1-6(10(15)14-11(12)16)13-9-5-7-2-3-8(9)4-7/h6-9,13H,2-5H2,1H3,(H3,12,14,15,16). The van der Waals surface area contributed by atoms with E-state index in [-0.39, 0.29) is 11.9 Å². The largest absolute Gasteiger partial charge is 0.351 e. The molecule has 2 fully saturated rings. The zero-order valence-corrected chi connectivity index (χ0v) is 9.53. The second kappa shape index (κ2) is 4.41. The molecule has 2 rings (SSSR count). The van der Waals surface area contributed by atoms with Crippen molar-refractivity contribution in [1.82, 2.24) is 10.6 Å². The average Bonchev–Trinajstić information content (AvgIpc) is 2.77. The summed E-state index contributed by atoms with van der Waals surface area (Å²) in [6.07, 6.45) is 5.07. The number of hydrogen-bond acceptors (Lipinski definition) is 3. The molecule has 0 heterocycles. The van der Waals surface area contributed by atoms with Crippen LogP contribution in [0.5, 0.6) is 0 Å². The Kier molecular flexibility index (Phi) is 3.14. The number of rotatable bonds is 3. The molecule has 5 heteroatoms. The Morgan fingerprint density at radius 3 is 2.56 bits per heavy atom. The first-order valence-electron chi connectivity index (χ1n) is 5.92. The van der Waals surface area contributed by atoms with Gasteiger partial charge in [0.2, 0.25) is 5.91 Å². The SMILES string of the molecule is CC(NC1CC2CCC1C2)C(=O)NC(N)=O. The van der Waals surface area contributed by atoms with E-state index in [4.69, 9.17) is 5.73 Å². The van der Waals surface area contributed by atoms with E-state index in [1.807, 2.05) is 0 Å². The number of imide groups is 1. The number of amides is 3. The van der Waals surface area contributed by atoms with Crippen molar-refractivity contribution in [2.75, 3.05) is 0 Å². The van der Waals surface area contributed by atoms with Crippen LogP contribution in [0.1, 0.15) is 32.6 Å². The van der Waals surface area contributed by atoms with Crippen molar-refractivity contribution >= 4 is 11.9 Å². The topological polar surface area (TPSA) is 84.2 Å². The third-order valence-corrected chi connectivity index (χ3v) is 3.84. The van der Waals surface area contributed by atoms with E-state index in [9.17, 15) is 9.59 Å². The number of nitrogens with one attached hydrogen (secondary N) is 2. The van der Waals surface area contributed by atoms with Gasteiger partial charge >= 0.3 is 6.03 Å². The summed E-state index contributed by atoms with van der Waals surface area (Å²) in [6, 6.07) is -0.698. The van der Waals surface area contributed by atoms with Crippen LogP contribution in [0.25, 0.3) is 0 Å². The molecule has 4 unspecified atom stereocenters. The minimum Gasteiger partial charge on any atom is -0.351 e. The molecule has 3 amide bonds. The smallest absolute Gasteiger partial charge is 0.318 e. The Morgan fingerprint density at radius 2 is 2.06 bits per heavy atom. The molecule has 0 saturated heterocycles. The molecular formula is C11H19N3O2. The molecule has 90 valence electrons. The van der Waals surface area contributed by atoms with E-state index in [1.54, 1.807) is 6.92 Å². The molecule has 2 aliphatic carbocycles. The number of carbonyl (C=O) groups is 2. The summed E-state index contributed by atoms with van der Waals surface area (Å²) in [5, 5.41) is 5.39. The normalized spacial score (nSPS) is 33.7. The molecule has 0 aromatic rings. The molecule has 0 aliphatic heterocycles. The Balaban J connectivity index is 1.81. The van der Waals surface area contributed by atoms with Crippen LogP contribution in [0.4, 0.5) is 4.79 Å². The molecule has 2 bridgehead atoms. The summed E-state index contributed by atoms with van der Waals surface area (Å²) in [6.45, 7) is 1.77. The fourth-order valence-corrected chi connectivity index (χ4v) is 3.08. The lowest BCUT2D eigenvalue weighted by Crippen LogP contribution is -2.50. The zero-order valence-electron chi connectivity index (χ0n) is 9.53. The van der Waals surface area contributed by atoms with E-state index in [0.29, 0.717) is 12.0 Å². The minimum absolute atomic E-state index is 0.338. The van der Waals surface area contributed by atoms with Crippen molar-refractivity contribution in [2.45, 2.75) is 44.7 Å². The molecule has 2 aliphatic rings. The van der Waals surface area contributed by atoms with Crippen molar-refractivity contribution in [3.8, 4) is 0 Å². The minimum atomic E-state index is -0.786. The first-order chi connectivity index (χ1) is 7.56. The maximum atomic E-state index is 11.5. The van der Waals surface area contributed by atoms with Crippen molar-refractivity contribution in [1.29, 1.82) is 0 Å². The molecule has 0 spiro atoms. The van der Waals surface area contributed by atoms with Crippen molar-refractivity contribution in [3.63, 3.8) is 0 Å². The van der Waals surface area contributed by atoms with Gasteiger partial charge in [-0.15, -0.1) is 0 Å². The summed E-state index contributed by atoms with van der Waals surface area (Å²) in [4.78, 5) is 22.0. The summed E-state index contributed by atoms with van der Waals surface area (Å²) >= 11 is 0. The number of nitrogens with two attached hydrogens (primary N) is 1. The average molecular weight is 225 g/mol. The van der Waals surface area contributed by atoms with Crippen LogP contribution in [0, 0.1) is 11.8 Å². The third kappa shape index (κ3) is 2.35. The lowest BCUT2D eigenvalue weighted by atomic mass is 9.95. The van der Waals surface area contributed by atoms with E-state index in [2.05, 4.69) is 10.6 Å². The van der Waals surface area contributed by atoms with Crippen molar-refractivity contribution < 1.29 is 9.59 Å². The highest BCUT2D eigenvalue weighted by molar-refractivity contribution is 5.96. The number of urea groups is 1. The molecule has 0 aromatic heterocycles. The number of hydrogen-bond donors (Lipinski definition) is 3. The van der Waals surface area contributed by atoms with Gasteiger partial charge in [-0.2, -0.15) is 0 Å². The van der Waals surface area contributed by atoms with Gasteiger partial charge < -0.3 is 11.1 Å². The van der Waals surface area contributed by atoms with E-state index >= 15 is 0 Å². The van der Waals surface area contributed by atoms with Crippen molar-refractivity contribution in [2.24, 2.45) is 17.6 Å². The van der Waals surface area contributed by atoms with Crippen LogP contribution in [0.15, 0.2) is 0 Å². The van der Waals surface area contributed by atoms with Crippen LogP contribution in [0.3, 0.4) is 0 Å². The Morgan fingerprint density at radius 1 is 1.31 bits per heavy atom. The number of primary amides is 1. The highest BCUT2D eigenvalue weighted by atomic mass is 16.2. The Bertz CT molecular complexity index is 306. The fraction of sp³-hybridized carbons (Fsp3) is 0.818. The van der Waals surface area contributed by atoms with Gasteiger partial charge in [0.15, 0.2) is 0 Å². The predicted molar refractivity (Wildman–Crippen MR) is 59.6 cm³/mol. The lowest BCUT2D eigenvalue weighted by Gasteiger charge is -2.25. The molecular weight excluding hydrogens is 206 g/mol. The summed E-state index contributed by atoms with van der Waals surface area (Å²) in [7, 11) is 0. The van der Waals surface area contributed by atoms with E-state index in [1.165, 1.54) is 25.7 Å². The number of carbonyl (C=O) groups excluding carboxylic acids is 2. The molecule has 5 nitrogen and oxygen atoms in total. The third-order valence-electron chi connectivity index (χ3n) is 3.84.